The lowest BCUT2D eigenvalue weighted by Gasteiger charge is -2.06. The van der Waals surface area contributed by atoms with Crippen LogP contribution in [-0.4, -0.2) is 4.98 Å². The second-order valence-electron chi connectivity index (χ2n) is 2.87. The van der Waals surface area contributed by atoms with Crippen molar-refractivity contribution in [1.82, 2.24) is 4.98 Å². The monoisotopic (exact) mass is 205 g/mol. The van der Waals surface area contributed by atoms with Crippen molar-refractivity contribution < 1.29 is 0 Å². The zero-order valence-electron chi connectivity index (χ0n) is 7.60. The van der Waals surface area contributed by atoms with Crippen LogP contribution in [0.5, 0.6) is 0 Å². The Morgan fingerprint density at radius 3 is 3.00 bits per heavy atom. The molecule has 2 aromatic rings. The predicted molar refractivity (Wildman–Crippen MR) is 60.3 cm³/mol. The quantitative estimate of drug-likeness (QED) is 0.808. The fourth-order valence-corrected chi connectivity index (χ4v) is 1.81. The van der Waals surface area contributed by atoms with Gasteiger partial charge >= 0.3 is 0 Å². The van der Waals surface area contributed by atoms with Gasteiger partial charge in [0.05, 0.1) is 5.69 Å². The number of nitrogen functional groups attached to an aromatic ring is 1. The maximum absolute atomic E-state index is 5.69. The summed E-state index contributed by atoms with van der Waals surface area (Å²) in [5.41, 5.74) is 6.58. The van der Waals surface area contributed by atoms with E-state index in [1.54, 1.807) is 17.5 Å². The lowest BCUT2D eigenvalue weighted by molar-refractivity contribution is 1.18. The van der Waals surface area contributed by atoms with Gasteiger partial charge in [-0.2, -0.15) is 0 Å². The number of hydrogen-bond acceptors (Lipinski definition) is 4. The zero-order valence-corrected chi connectivity index (χ0v) is 8.42. The highest BCUT2D eigenvalue weighted by atomic mass is 32.1. The molecule has 4 heteroatoms. The van der Waals surface area contributed by atoms with Gasteiger partial charge < -0.3 is 11.1 Å². The van der Waals surface area contributed by atoms with Crippen LogP contribution < -0.4 is 11.1 Å². The van der Waals surface area contributed by atoms with Gasteiger partial charge in [0.25, 0.3) is 0 Å². The first-order valence-electron chi connectivity index (χ1n) is 4.33. The molecule has 2 rings (SSSR count). The van der Waals surface area contributed by atoms with Crippen molar-refractivity contribution in [1.29, 1.82) is 0 Å². The third-order valence-electron chi connectivity index (χ3n) is 1.87. The second kappa shape index (κ2) is 4.11. The van der Waals surface area contributed by atoms with E-state index in [-0.39, 0.29) is 0 Å². The standard InChI is InChI=1S/C10H11N3S/c11-10-9(4-1-5-12-10)13-7-8-3-2-6-14-8/h1-6,13H,7H2,(H2,11,12). The van der Waals surface area contributed by atoms with Crippen molar-refractivity contribution in [2.24, 2.45) is 0 Å². The van der Waals surface area contributed by atoms with Crippen LogP contribution in [-0.2, 0) is 6.54 Å². The molecule has 0 atom stereocenters. The molecule has 0 saturated heterocycles. The number of thiophene rings is 1. The van der Waals surface area contributed by atoms with E-state index < -0.39 is 0 Å². The van der Waals surface area contributed by atoms with E-state index in [1.807, 2.05) is 18.2 Å². The lowest BCUT2D eigenvalue weighted by atomic mass is 10.3. The third kappa shape index (κ3) is 2.03. The molecule has 3 nitrogen and oxygen atoms in total. The lowest BCUT2D eigenvalue weighted by Crippen LogP contribution is -2.02. The van der Waals surface area contributed by atoms with Crippen LogP contribution in [0, 0.1) is 0 Å². The van der Waals surface area contributed by atoms with Gasteiger partial charge in [0.1, 0.15) is 5.82 Å². The van der Waals surface area contributed by atoms with Crippen LogP contribution in [0.2, 0.25) is 0 Å². The van der Waals surface area contributed by atoms with Gasteiger partial charge in [0, 0.05) is 17.6 Å². The highest BCUT2D eigenvalue weighted by Gasteiger charge is 1.98. The Morgan fingerprint density at radius 2 is 2.29 bits per heavy atom. The number of anilines is 2. The van der Waals surface area contributed by atoms with Crippen LogP contribution >= 0.6 is 11.3 Å². The van der Waals surface area contributed by atoms with Crippen LogP contribution in [0.3, 0.4) is 0 Å². The first-order valence-corrected chi connectivity index (χ1v) is 5.21. The molecule has 0 amide bonds. The summed E-state index contributed by atoms with van der Waals surface area (Å²) in [6, 6.07) is 7.92. The average molecular weight is 205 g/mol. The van der Waals surface area contributed by atoms with Gasteiger partial charge in [-0.25, -0.2) is 4.98 Å². The minimum atomic E-state index is 0.545. The summed E-state index contributed by atoms with van der Waals surface area (Å²) < 4.78 is 0. The molecule has 2 aromatic heterocycles. The van der Waals surface area contributed by atoms with E-state index >= 15 is 0 Å². The third-order valence-corrected chi connectivity index (χ3v) is 2.75. The van der Waals surface area contributed by atoms with Crippen LogP contribution in [0.1, 0.15) is 4.88 Å². The Morgan fingerprint density at radius 1 is 1.36 bits per heavy atom. The van der Waals surface area contributed by atoms with Crippen molar-refractivity contribution >= 4 is 22.8 Å². The fraction of sp³-hybridized carbons (Fsp3) is 0.100. The van der Waals surface area contributed by atoms with Crippen LogP contribution in [0.15, 0.2) is 35.8 Å². The molecule has 0 saturated carbocycles. The zero-order chi connectivity index (χ0) is 9.80. The van der Waals surface area contributed by atoms with Crippen molar-refractivity contribution in [2.45, 2.75) is 6.54 Å². The molecule has 0 aromatic carbocycles. The normalized spacial score (nSPS) is 10.0. The molecule has 0 radical (unpaired) electrons. The second-order valence-corrected chi connectivity index (χ2v) is 3.90. The molecule has 0 spiro atoms. The predicted octanol–water partition coefficient (Wildman–Crippen LogP) is 2.34. The molecule has 0 unspecified atom stereocenters. The van der Waals surface area contributed by atoms with E-state index in [4.69, 9.17) is 5.73 Å². The Hall–Kier alpha value is -1.55. The summed E-state index contributed by atoms with van der Waals surface area (Å²) in [7, 11) is 0. The molecule has 0 aliphatic carbocycles. The van der Waals surface area contributed by atoms with E-state index in [0.717, 1.165) is 12.2 Å². The molecule has 0 aliphatic rings. The van der Waals surface area contributed by atoms with Crippen molar-refractivity contribution in [2.75, 3.05) is 11.1 Å². The van der Waals surface area contributed by atoms with Crippen LogP contribution in [0.4, 0.5) is 11.5 Å². The summed E-state index contributed by atoms with van der Waals surface area (Å²) in [5, 5.41) is 5.30. The summed E-state index contributed by atoms with van der Waals surface area (Å²) in [5.74, 6) is 0.545. The van der Waals surface area contributed by atoms with Gasteiger partial charge in [0.15, 0.2) is 0 Å². The molecule has 0 fully saturated rings. The molecule has 14 heavy (non-hydrogen) atoms. The van der Waals surface area contributed by atoms with E-state index in [2.05, 4.69) is 21.7 Å². The molecular weight excluding hydrogens is 194 g/mol. The van der Waals surface area contributed by atoms with Crippen molar-refractivity contribution in [3.8, 4) is 0 Å². The summed E-state index contributed by atoms with van der Waals surface area (Å²) in [6.45, 7) is 0.799. The van der Waals surface area contributed by atoms with E-state index in [9.17, 15) is 0 Å². The maximum atomic E-state index is 5.69. The Bertz CT molecular complexity index is 398. The summed E-state index contributed by atoms with van der Waals surface area (Å²) in [6.07, 6.45) is 1.69. The highest BCUT2D eigenvalue weighted by Crippen LogP contribution is 2.16. The SMILES string of the molecule is Nc1ncccc1NCc1cccs1. The van der Waals surface area contributed by atoms with E-state index in [1.165, 1.54) is 4.88 Å². The molecule has 2 heterocycles. The number of nitrogens with two attached hydrogens (primary N) is 1. The van der Waals surface area contributed by atoms with Gasteiger partial charge in [-0.05, 0) is 23.6 Å². The number of aromatic nitrogens is 1. The number of nitrogens with zero attached hydrogens (tertiary/aromatic N) is 1. The Kier molecular flexibility index (Phi) is 2.65. The number of pyridine rings is 1. The van der Waals surface area contributed by atoms with Gasteiger partial charge in [-0.15, -0.1) is 11.3 Å². The summed E-state index contributed by atoms with van der Waals surface area (Å²) >= 11 is 1.72. The van der Waals surface area contributed by atoms with Crippen molar-refractivity contribution in [3.63, 3.8) is 0 Å². The van der Waals surface area contributed by atoms with Gasteiger partial charge in [-0.3, -0.25) is 0 Å². The Labute approximate surface area is 86.6 Å². The maximum Gasteiger partial charge on any atom is 0.146 e. The summed E-state index contributed by atoms with van der Waals surface area (Å²) in [4.78, 5) is 5.28. The average Bonchev–Trinajstić information content (AvgIpc) is 2.69. The number of hydrogen-bond donors (Lipinski definition) is 2. The van der Waals surface area contributed by atoms with Crippen molar-refractivity contribution in [3.05, 3.63) is 40.7 Å². The van der Waals surface area contributed by atoms with E-state index in [0.29, 0.717) is 5.82 Å². The van der Waals surface area contributed by atoms with Crippen LogP contribution in [0.25, 0.3) is 0 Å². The smallest absolute Gasteiger partial charge is 0.146 e. The molecular formula is C10H11N3S. The Balaban J connectivity index is 2.02. The molecule has 72 valence electrons. The molecule has 0 bridgehead atoms. The fourth-order valence-electron chi connectivity index (χ4n) is 1.16. The van der Waals surface area contributed by atoms with Gasteiger partial charge in [0.2, 0.25) is 0 Å². The van der Waals surface area contributed by atoms with Gasteiger partial charge in [-0.1, -0.05) is 6.07 Å². The number of nitrogens with one attached hydrogen (secondary N) is 1. The molecule has 3 N–H and O–H groups in total. The number of rotatable bonds is 3. The minimum absolute atomic E-state index is 0.545. The first kappa shape index (κ1) is 9.02. The minimum Gasteiger partial charge on any atom is -0.382 e. The topological polar surface area (TPSA) is 50.9 Å². The first-order chi connectivity index (χ1) is 6.86. The molecule has 0 aliphatic heterocycles. The highest BCUT2D eigenvalue weighted by molar-refractivity contribution is 7.09. The largest absolute Gasteiger partial charge is 0.382 e.